The maximum Gasteiger partial charge on any atom is 0.323 e. The quantitative estimate of drug-likeness (QED) is 0.526. The molecule has 8 heteroatoms. The van der Waals surface area contributed by atoms with Gasteiger partial charge in [-0.2, -0.15) is 0 Å². The van der Waals surface area contributed by atoms with Crippen molar-refractivity contribution in [1.29, 1.82) is 0 Å². The number of benzene rings is 1. The second-order valence-electron chi connectivity index (χ2n) is 8.78. The fourth-order valence-corrected chi connectivity index (χ4v) is 3.50. The maximum atomic E-state index is 13.0. The molecule has 0 radical (unpaired) electrons. The molecular weight excluding hydrogens is 398 g/mol. The normalized spacial score (nSPS) is 14.5. The Morgan fingerprint density at radius 2 is 1.77 bits per heavy atom. The highest BCUT2D eigenvalue weighted by Gasteiger charge is 2.34. The van der Waals surface area contributed by atoms with E-state index in [4.69, 9.17) is 9.47 Å². The Balaban J connectivity index is 2.31. The summed E-state index contributed by atoms with van der Waals surface area (Å²) in [5.41, 5.74) is 1.41. The van der Waals surface area contributed by atoms with Gasteiger partial charge in [0.05, 0.1) is 26.7 Å². The van der Waals surface area contributed by atoms with E-state index in [1.54, 1.807) is 6.92 Å². The Morgan fingerprint density at radius 3 is 2.39 bits per heavy atom. The number of esters is 2. The average molecular weight is 432 g/mol. The molecule has 0 bridgehead atoms. The number of hydrogen-bond donors (Lipinski definition) is 3. The van der Waals surface area contributed by atoms with Gasteiger partial charge in [0.25, 0.3) is 0 Å². The monoisotopic (exact) mass is 431 g/mol. The molecule has 2 rings (SSSR count). The molecule has 2 aromatic rings. The summed E-state index contributed by atoms with van der Waals surface area (Å²) in [6.45, 7) is 7.39. The Bertz CT molecular complexity index is 915. The second kappa shape index (κ2) is 10.4. The Kier molecular flexibility index (Phi) is 8.21. The van der Waals surface area contributed by atoms with E-state index in [0.717, 1.165) is 16.5 Å². The minimum Gasteiger partial charge on any atom is -0.469 e. The van der Waals surface area contributed by atoms with Gasteiger partial charge in [0.15, 0.2) is 0 Å². The molecule has 1 aromatic heterocycles. The Hall–Kier alpha value is -2.87. The second-order valence-corrected chi connectivity index (χ2v) is 8.78. The predicted molar refractivity (Wildman–Crippen MR) is 118 cm³/mol. The van der Waals surface area contributed by atoms with E-state index in [0.29, 0.717) is 6.42 Å². The number of carbonyl (C=O) groups is 3. The fourth-order valence-electron chi connectivity index (χ4n) is 3.50. The molecular formula is C23H33N3O5. The van der Waals surface area contributed by atoms with Crippen molar-refractivity contribution < 1.29 is 23.9 Å². The van der Waals surface area contributed by atoms with Gasteiger partial charge in [-0.3, -0.25) is 19.7 Å². The number of aromatic amines is 1. The highest BCUT2D eigenvalue weighted by Crippen LogP contribution is 2.20. The highest BCUT2D eigenvalue weighted by molar-refractivity contribution is 5.86. The van der Waals surface area contributed by atoms with E-state index in [9.17, 15) is 14.4 Å². The standard InChI is InChI=1S/C23H33N3O5/c1-14(11-19(27)30-5)20(21(28)26-23(2,3)4)25-18(22(29)31-6)12-15-13-24-17-10-8-7-9-16(15)17/h7-10,13-14,18,20,24-25H,11-12H2,1-6H3,(H,26,28)/t14?,18-,20+/m0/s1. The first-order valence-corrected chi connectivity index (χ1v) is 10.3. The van der Waals surface area contributed by atoms with Crippen LogP contribution in [0.15, 0.2) is 30.5 Å². The summed E-state index contributed by atoms with van der Waals surface area (Å²) in [5, 5.41) is 7.08. The number of amides is 1. The van der Waals surface area contributed by atoms with Gasteiger partial charge in [0.1, 0.15) is 6.04 Å². The number of H-pyrrole nitrogens is 1. The summed E-state index contributed by atoms with van der Waals surface area (Å²) in [5.74, 6) is -1.61. The van der Waals surface area contributed by atoms with E-state index >= 15 is 0 Å². The number of methoxy groups -OCH3 is 2. The molecule has 1 aromatic carbocycles. The number of rotatable bonds is 9. The summed E-state index contributed by atoms with van der Waals surface area (Å²) in [4.78, 5) is 40.7. The van der Waals surface area contributed by atoms with Crippen LogP contribution in [0.2, 0.25) is 0 Å². The van der Waals surface area contributed by atoms with Crippen molar-refractivity contribution in [1.82, 2.24) is 15.6 Å². The zero-order valence-electron chi connectivity index (χ0n) is 19.1. The highest BCUT2D eigenvalue weighted by atomic mass is 16.5. The van der Waals surface area contributed by atoms with Crippen molar-refractivity contribution in [3.05, 3.63) is 36.0 Å². The zero-order chi connectivity index (χ0) is 23.2. The van der Waals surface area contributed by atoms with Gasteiger partial charge < -0.3 is 19.8 Å². The molecule has 0 saturated heterocycles. The molecule has 0 spiro atoms. The first-order chi connectivity index (χ1) is 14.6. The molecule has 8 nitrogen and oxygen atoms in total. The van der Waals surface area contributed by atoms with Crippen molar-refractivity contribution in [2.45, 2.75) is 58.2 Å². The molecule has 170 valence electrons. The first-order valence-electron chi connectivity index (χ1n) is 10.3. The lowest BCUT2D eigenvalue weighted by Crippen LogP contribution is -2.57. The van der Waals surface area contributed by atoms with Gasteiger partial charge in [-0.05, 0) is 38.3 Å². The predicted octanol–water partition coefficient (Wildman–Crippen LogP) is 2.32. The molecule has 1 unspecified atom stereocenters. The van der Waals surface area contributed by atoms with Crippen molar-refractivity contribution in [2.75, 3.05) is 14.2 Å². The zero-order valence-corrected chi connectivity index (χ0v) is 19.1. The molecule has 3 atom stereocenters. The smallest absolute Gasteiger partial charge is 0.323 e. The van der Waals surface area contributed by atoms with Crippen molar-refractivity contribution in [3.63, 3.8) is 0 Å². The van der Waals surface area contributed by atoms with E-state index in [-0.39, 0.29) is 12.3 Å². The minimum absolute atomic E-state index is 0.0344. The molecule has 1 amide bonds. The largest absolute Gasteiger partial charge is 0.469 e. The van der Waals surface area contributed by atoms with Gasteiger partial charge in [-0.25, -0.2) is 0 Å². The molecule has 1 heterocycles. The van der Waals surface area contributed by atoms with E-state index in [1.807, 2.05) is 51.2 Å². The van der Waals surface area contributed by atoms with E-state index in [2.05, 4.69) is 15.6 Å². The lowest BCUT2D eigenvalue weighted by atomic mass is 9.94. The number of para-hydroxylation sites is 1. The summed E-state index contributed by atoms with van der Waals surface area (Å²) in [7, 11) is 2.62. The third kappa shape index (κ3) is 6.82. The maximum absolute atomic E-state index is 13.0. The van der Waals surface area contributed by atoms with Gasteiger partial charge in [0, 0.05) is 29.1 Å². The topological polar surface area (TPSA) is 110 Å². The number of aromatic nitrogens is 1. The molecule has 3 N–H and O–H groups in total. The van der Waals surface area contributed by atoms with Crippen LogP contribution in [-0.2, 0) is 30.3 Å². The van der Waals surface area contributed by atoms with Crippen LogP contribution in [0.5, 0.6) is 0 Å². The van der Waals surface area contributed by atoms with Crippen LogP contribution in [0, 0.1) is 5.92 Å². The van der Waals surface area contributed by atoms with E-state index < -0.39 is 35.5 Å². The van der Waals surface area contributed by atoms with Crippen LogP contribution in [-0.4, -0.2) is 54.7 Å². The summed E-state index contributed by atoms with van der Waals surface area (Å²) in [6, 6.07) is 6.21. The van der Waals surface area contributed by atoms with Crippen LogP contribution >= 0.6 is 0 Å². The van der Waals surface area contributed by atoms with Crippen molar-refractivity contribution in [3.8, 4) is 0 Å². The van der Waals surface area contributed by atoms with E-state index in [1.165, 1.54) is 14.2 Å². The number of fused-ring (bicyclic) bond motifs is 1. The van der Waals surface area contributed by atoms with Gasteiger partial charge in [-0.15, -0.1) is 0 Å². The Morgan fingerprint density at radius 1 is 1.10 bits per heavy atom. The molecule has 0 aliphatic heterocycles. The molecule has 0 fully saturated rings. The van der Waals surface area contributed by atoms with Gasteiger partial charge in [-0.1, -0.05) is 25.1 Å². The third-order valence-electron chi connectivity index (χ3n) is 5.03. The molecule has 0 aliphatic carbocycles. The fraction of sp³-hybridized carbons (Fsp3) is 0.522. The molecule has 31 heavy (non-hydrogen) atoms. The number of hydrogen-bond acceptors (Lipinski definition) is 6. The lowest BCUT2D eigenvalue weighted by molar-refractivity contribution is -0.143. The summed E-state index contributed by atoms with van der Waals surface area (Å²) >= 11 is 0. The van der Waals surface area contributed by atoms with Crippen LogP contribution in [0.4, 0.5) is 0 Å². The number of carbonyl (C=O) groups excluding carboxylic acids is 3. The number of ether oxygens (including phenoxy) is 2. The van der Waals surface area contributed by atoms with Crippen LogP contribution in [0.25, 0.3) is 10.9 Å². The first kappa shape index (κ1) is 24.4. The summed E-state index contributed by atoms with van der Waals surface area (Å²) < 4.78 is 9.77. The molecule has 0 saturated carbocycles. The molecule has 0 aliphatic rings. The number of nitrogens with one attached hydrogen (secondary N) is 3. The van der Waals surface area contributed by atoms with Crippen LogP contribution < -0.4 is 10.6 Å². The van der Waals surface area contributed by atoms with Gasteiger partial charge >= 0.3 is 11.9 Å². The SMILES string of the molecule is COC(=O)CC(C)[C@@H](N[C@@H](Cc1c[nH]c2ccccc12)C(=O)OC)C(=O)NC(C)(C)C. The third-order valence-corrected chi connectivity index (χ3v) is 5.03. The minimum atomic E-state index is -0.798. The summed E-state index contributed by atoms with van der Waals surface area (Å²) in [6.07, 6.45) is 2.21. The average Bonchev–Trinajstić information content (AvgIpc) is 3.11. The van der Waals surface area contributed by atoms with Crippen molar-refractivity contribution in [2.24, 2.45) is 5.92 Å². The Labute approximate surface area is 183 Å². The van der Waals surface area contributed by atoms with Gasteiger partial charge in [0.2, 0.25) is 5.91 Å². The van der Waals surface area contributed by atoms with Crippen LogP contribution in [0.3, 0.4) is 0 Å². The van der Waals surface area contributed by atoms with Crippen molar-refractivity contribution >= 4 is 28.7 Å². The lowest BCUT2D eigenvalue weighted by Gasteiger charge is -2.31. The van der Waals surface area contributed by atoms with Crippen LogP contribution in [0.1, 0.15) is 39.7 Å².